The van der Waals surface area contributed by atoms with Crippen LogP contribution in [0.15, 0.2) is 71.2 Å². The molecule has 2 aromatic rings. The van der Waals surface area contributed by atoms with Gasteiger partial charge in [-0.15, -0.1) is 0 Å². The SMILES string of the molecule is COC(=O)C1=C(C(=O)OC)N(c2ccc3c(c2)C(=O)NCCO3)C(N)=C(C#N)C1c1ccccc1. The molecule has 0 radical (unpaired) electrons. The number of hydrogen-bond acceptors (Lipinski definition) is 9. The molecule has 2 aliphatic heterocycles. The number of hydrogen-bond donors (Lipinski definition) is 2. The number of ether oxygens (including phenoxy) is 3. The number of nitrogens with zero attached hydrogens (tertiary/aromatic N) is 2. The van der Waals surface area contributed by atoms with Gasteiger partial charge in [-0.05, 0) is 23.8 Å². The van der Waals surface area contributed by atoms with Crippen molar-refractivity contribution in [2.45, 2.75) is 5.92 Å². The molecule has 0 saturated heterocycles. The Balaban J connectivity index is 2.02. The monoisotopic (exact) mass is 474 g/mol. The van der Waals surface area contributed by atoms with Crippen LogP contribution in [-0.4, -0.2) is 45.2 Å². The fourth-order valence-corrected chi connectivity index (χ4v) is 4.16. The van der Waals surface area contributed by atoms with Crippen molar-refractivity contribution in [2.24, 2.45) is 5.73 Å². The number of nitriles is 1. The first kappa shape index (κ1) is 23.4. The van der Waals surface area contributed by atoms with Gasteiger partial charge in [-0.3, -0.25) is 9.69 Å². The second-order valence-corrected chi connectivity index (χ2v) is 7.62. The molecule has 3 N–H and O–H groups in total. The van der Waals surface area contributed by atoms with Crippen molar-refractivity contribution < 1.29 is 28.6 Å². The Kier molecular flexibility index (Phi) is 6.42. The zero-order chi connectivity index (χ0) is 25.1. The van der Waals surface area contributed by atoms with Crippen LogP contribution in [-0.2, 0) is 19.1 Å². The van der Waals surface area contributed by atoms with E-state index in [-0.39, 0.29) is 39.8 Å². The summed E-state index contributed by atoms with van der Waals surface area (Å²) in [4.78, 5) is 40.0. The van der Waals surface area contributed by atoms with Crippen molar-refractivity contribution in [2.75, 3.05) is 32.3 Å². The molecule has 178 valence electrons. The second kappa shape index (κ2) is 9.61. The van der Waals surface area contributed by atoms with E-state index < -0.39 is 17.9 Å². The number of rotatable bonds is 4. The highest BCUT2D eigenvalue weighted by Crippen LogP contribution is 2.43. The summed E-state index contributed by atoms with van der Waals surface area (Å²) in [6.45, 7) is 0.618. The van der Waals surface area contributed by atoms with Gasteiger partial charge in [0.25, 0.3) is 5.91 Å². The second-order valence-electron chi connectivity index (χ2n) is 7.62. The maximum atomic E-state index is 13.1. The molecule has 10 heteroatoms. The number of carbonyl (C=O) groups is 3. The van der Waals surface area contributed by atoms with Crippen molar-refractivity contribution >= 4 is 23.5 Å². The summed E-state index contributed by atoms with van der Waals surface area (Å²) >= 11 is 0. The quantitative estimate of drug-likeness (QED) is 0.633. The highest BCUT2D eigenvalue weighted by atomic mass is 16.5. The minimum absolute atomic E-state index is 0.0277. The Labute approximate surface area is 201 Å². The van der Waals surface area contributed by atoms with E-state index in [1.807, 2.05) is 0 Å². The smallest absolute Gasteiger partial charge is 0.355 e. The molecule has 0 aromatic heterocycles. The molecule has 0 saturated carbocycles. The third kappa shape index (κ3) is 4.04. The van der Waals surface area contributed by atoms with Crippen molar-refractivity contribution in [3.05, 3.63) is 82.3 Å². The average molecular weight is 474 g/mol. The lowest BCUT2D eigenvalue weighted by molar-refractivity contribution is -0.139. The van der Waals surface area contributed by atoms with E-state index in [2.05, 4.69) is 11.4 Å². The van der Waals surface area contributed by atoms with Crippen LogP contribution in [0.4, 0.5) is 5.69 Å². The Morgan fingerprint density at radius 1 is 1.14 bits per heavy atom. The molecule has 4 rings (SSSR count). The lowest BCUT2D eigenvalue weighted by Gasteiger charge is -2.36. The van der Waals surface area contributed by atoms with Crippen LogP contribution in [0.25, 0.3) is 0 Å². The number of amides is 1. The molecule has 0 fully saturated rings. The lowest BCUT2D eigenvalue weighted by Crippen LogP contribution is -2.40. The average Bonchev–Trinajstić information content (AvgIpc) is 3.08. The molecular weight excluding hydrogens is 452 g/mol. The third-order valence-corrected chi connectivity index (χ3v) is 5.72. The van der Waals surface area contributed by atoms with Gasteiger partial charge in [-0.2, -0.15) is 5.26 Å². The van der Waals surface area contributed by atoms with Crippen LogP contribution in [0, 0.1) is 11.3 Å². The molecule has 2 aromatic carbocycles. The van der Waals surface area contributed by atoms with Gasteiger partial charge in [0.15, 0.2) is 0 Å². The molecule has 10 nitrogen and oxygen atoms in total. The van der Waals surface area contributed by atoms with Gasteiger partial charge in [0.2, 0.25) is 0 Å². The maximum Gasteiger partial charge on any atom is 0.355 e. The minimum Gasteiger partial charge on any atom is -0.491 e. The molecule has 2 heterocycles. The van der Waals surface area contributed by atoms with Gasteiger partial charge >= 0.3 is 11.9 Å². The topological polar surface area (TPSA) is 144 Å². The van der Waals surface area contributed by atoms with E-state index in [0.29, 0.717) is 24.5 Å². The van der Waals surface area contributed by atoms with Gasteiger partial charge in [0.1, 0.15) is 23.9 Å². The van der Waals surface area contributed by atoms with E-state index in [9.17, 15) is 19.6 Å². The largest absolute Gasteiger partial charge is 0.491 e. The first-order valence-electron chi connectivity index (χ1n) is 10.6. The lowest BCUT2D eigenvalue weighted by atomic mass is 9.81. The summed E-state index contributed by atoms with van der Waals surface area (Å²) in [6.07, 6.45) is 0. The number of fused-ring (bicyclic) bond motifs is 1. The van der Waals surface area contributed by atoms with Crippen LogP contribution >= 0.6 is 0 Å². The summed E-state index contributed by atoms with van der Waals surface area (Å²) < 4.78 is 15.6. The normalized spacial score (nSPS) is 17.5. The summed E-state index contributed by atoms with van der Waals surface area (Å²) in [5, 5.41) is 12.8. The first-order valence-corrected chi connectivity index (χ1v) is 10.6. The van der Waals surface area contributed by atoms with Crippen molar-refractivity contribution in [3.8, 4) is 11.8 Å². The predicted molar refractivity (Wildman–Crippen MR) is 124 cm³/mol. The van der Waals surface area contributed by atoms with Crippen molar-refractivity contribution in [1.29, 1.82) is 5.26 Å². The molecule has 1 amide bonds. The zero-order valence-corrected chi connectivity index (χ0v) is 19.0. The van der Waals surface area contributed by atoms with Crippen LogP contribution in [0.5, 0.6) is 5.75 Å². The van der Waals surface area contributed by atoms with Gasteiger partial charge in [-0.1, -0.05) is 30.3 Å². The standard InChI is InChI=1S/C25H22N4O6/c1-33-24(31)20-19(14-6-4-3-5-7-14)17(13-26)22(27)29(21(20)25(32)34-2)15-8-9-18-16(12-15)23(30)28-10-11-35-18/h3-9,12,19H,10-11,27H2,1-2H3,(H,28,30). The molecule has 0 aliphatic carbocycles. The van der Waals surface area contributed by atoms with E-state index in [4.69, 9.17) is 19.9 Å². The Morgan fingerprint density at radius 2 is 1.86 bits per heavy atom. The summed E-state index contributed by atoms with van der Waals surface area (Å²) in [5.41, 5.74) is 7.19. The number of methoxy groups -OCH3 is 2. The van der Waals surface area contributed by atoms with Gasteiger partial charge < -0.3 is 25.3 Å². The minimum atomic E-state index is -0.980. The summed E-state index contributed by atoms with van der Waals surface area (Å²) in [5.74, 6) is -2.81. The summed E-state index contributed by atoms with van der Waals surface area (Å²) in [7, 11) is 2.34. The fraction of sp³-hybridized carbons (Fsp3) is 0.200. The van der Waals surface area contributed by atoms with Crippen LogP contribution in [0.3, 0.4) is 0 Å². The zero-order valence-electron chi connectivity index (χ0n) is 19.0. The van der Waals surface area contributed by atoms with Gasteiger partial charge in [-0.25, -0.2) is 9.59 Å². The number of nitrogens with one attached hydrogen (secondary N) is 1. The van der Waals surface area contributed by atoms with Crippen molar-refractivity contribution in [1.82, 2.24) is 5.32 Å². The van der Waals surface area contributed by atoms with Gasteiger partial charge in [0.05, 0.1) is 49.5 Å². The summed E-state index contributed by atoms with van der Waals surface area (Å²) in [6, 6.07) is 15.4. The maximum absolute atomic E-state index is 13.1. The Morgan fingerprint density at radius 3 is 2.51 bits per heavy atom. The van der Waals surface area contributed by atoms with Crippen molar-refractivity contribution in [3.63, 3.8) is 0 Å². The number of carbonyl (C=O) groups excluding carboxylic acids is 3. The fourth-order valence-electron chi connectivity index (χ4n) is 4.16. The van der Waals surface area contributed by atoms with E-state index >= 15 is 0 Å². The molecule has 0 bridgehead atoms. The Bertz CT molecular complexity index is 1310. The predicted octanol–water partition coefficient (Wildman–Crippen LogP) is 1.71. The Hall–Kier alpha value is -4.78. The number of allylic oxidation sites excluding steroid dienone is 1. The first-order chi connectivity index (χ1) is 16.9. The number of anilines is 1. The van der Waals surface area contributed by atoms with Crippen LogP contribution in [0.1, 0.15) is 21.8 Å². The molecular formula is C25H22N4O6. The number of esters is 2. The van der Waals surface area contributed by atoms with E-state index in [1.54, 1.807) is 42.5 Å². The molecule has 2 aliphatic rings. The van der Waals surface area contributed by atoms with Gasteiger partial charge in [0, 0.05) is 5.69 Å². The molecule has 0 spiro atoms. The van der Waals surface area contributed by atoms with E-state index in [0.717, 1.165) is 7.11 Å². The molecule has 35 heavy (non-hydrogen) atoms. The third-order valence-electron chi connectivity index (χ3n) is 5.72. The highest BCUT2D eigenvalue weighted by Gasteiger charge is 2.43. The molecule has 1 atom stereocenters. The number of benzene rings is 2. The van der Waals surface area contributed by atoms with E-state index in [1.165, 1.54) is 18.1 Å². The highest BCUT2D eigenvalue weighted by molar-refractivity contribution is 6.07. The van der Waals surface area contributed by atoms with Crippen LogP contribution in [0.2, 0.25) is 0 Å². The molecule has 1 unspecified atom stereocenters. The van der Waals surface area contributed by atoms with Crippen LogP contribution < -0.4 is 20.7 Å². The number of nitrogens with two attached hydrogens (primary N) is 1.